The molecule has 2 saturated heterocycles. The van der Waals surface area contributed by atoms with Gasteiger partial charge in [-0.15, -0.1) is 0 Å². The standard InChI is InChI=1S/C12H17ClN6O2/c13-10-16-11(14-7-8-1-2-9(20)15-8)18-12(17-10)19-3-5-21-6-4-19/h8H,1-7H2,(H,15,20)(H,14,16,17,18). The Morgan fingerprint density at radius 2 is 2.14 bits per heavy atom. The summed E-state index contributed by atoms with van der Waals surface area (Å²) >= 11 is 5.96. The molecule has 1 atom stereocenters. The van der Waals surface area contributed by atoms with Gasteiger partial charge in [-0.1, -0.05) is 0 Å². The zero-order chi connectivity index (χ0) is 14.7. The van der Waals surface area contributed by atoms with Crippen LogP contribution in [0.25, 0.3) is 0 Å². The van der Waals surface area contributed by atoms with Gasteiger partial charge in [-0.25, -0.2) is 0 Å². The number of anilines is 2. The van der Waals surface area contributed by atoms with Crippen LogP contribution in [-0.2, 0) is 9.53 Å². The molecular weight excluding hydrogens is 296 g/mol. The quantitative estimate of drug-likeness (QED) is 0.811. The lowest BCUT2D eigenvalue weighted by Crippen LogP contribution is -2.37. The highest BCUT2D eigenvalue weighted by Crippen LogP contribution is 2.15. The van der Waals surface area contributed by atoms with Crippen LogP contribution in [0, 0.1) is 0 Å². The first-order chi connectivity index (χ1) is 10.2. The molecule has 0 aromatic carbocycles. The third kappa shape index (κ3) is 3.70. The number of nitrogens with one attached hydrogen (secondary N) is 2. The lowest BCUT2D eigenvalue weighted by Gasteiger charge is -2.26. The van der Waals surface area contributed by atoms with E-state index in [9.17, 15) is 4.79 Å². The van der Waals surface area contributed by atoms with Crippen LogP contribution in [0.5, 0.6) is 0 Å². The van der Waals surface area contributed by atoms with Gasteiger partial charge in [0, 0.05) is 32.1 Å². The molecule has 3 rings (SSSR count). The van der Waals surface area contributed by atoms with Gasteiger partial charge >= 0.3 is 0 Å². The molecule has 0 saturated carbocycles. The molecule has 1 aromatic heterocycles. The van der Waals surface area contributed by atoms with Crippen LogP contribution in [0.1, 0.15) is 12.8 Å². The van der Waals surface area contributed by atoms with Crippen LogP contribution >= 0.6 is 11.6 Å². The fourth-order valence-corrected chi connectivity index (χ4v) is 2.52. The normalized spacial score (nSPS) is 22.2. The molecule has 1 amide bonds. The predicted octanol–water partition coefficient (Wildman–Crippen LogP) is 0.0521. The Bertz CT molecular complexity index is 522. The fourth-order valence-electron chi connectivity index (χ4n) is 2.37. The summed E-state index contributed by atoms with van der Waals surface area (Å²) in [5.41, 5.74) is 0. The van der Waals surface area contributed by atoms with Gasteiger partial charge in [-0.05, 0) is 18.0 Å². The van der Waals surface area contributed by atoms with Crippen molar-refractivity contribution in [1.82, 2.24) is 20.3 Å². The van der Waals surface area contributed by atoms with Gasteiger partial charge < -0.3 is 20.3 Å². The molecule has 114 valence electrons. The van der Waals surface area contributed by atoms with E-state index in [1.54, 1.807) is 0 Å². The highest BCUT2D eigenvalue weighted by molar-refractivity contribution is 6.28. The van der Waals surface area contributed by atoms with E-state index in [2.05, 4.69) is 25.6 Å². The first kappa shape index (κ1) is 14.3. The predicted molar refractivity (Wildman–Crippen MR) is 77.5 cm³/mol. The van der Waals surface area contributed by atoms with Crippen molar-refractivity contribution in [2.24, 2.45) is 0 Å². The van der Waals surface area contributed by atoms with E-state index in [0.717, 1.165) is 19.5 Å². The van der Waals surface area contributed by atoms with Gasteiger partial charge in [-0.3, -0.25) is 4.79 Å². The van der Waals surface area contributed by atoms with Crippen LogP contribution in [-0.4, -0.2) is 59.7 Å². The summed E-state index contributed by atoms with van der Waals surface area (Å²) in [6.07, 6.45) is 1.39. The number of hydrogen-bond acceptors (Lipinski definition) is 7. The highest BCUT2D eigenvalue weighted by Gasteiger charge is 2.21. The number of carbonyl (C=O) groups excluding carboxylic acids is 1. The maximum absolute atomic E-state index is 11.2. The van der Waals surface area contributed by atoms with Crippen LogP contribution < -0.4 is 15.5 Å². The number of ether oxygens (including phenoxy) is 1. The van der Waals surface area contributed by atoms with E-state index in [1.807, 2.05) is 4.90 Å². The van der Waals surface area contributed by atoms with Gasteiger partial charge in [0.1, 0.15) is 0 Å². The second-order valence-electron chi connectivity index (χ2n) is 5.01. The topological polar surface area (TPSA) is 92.3 Å². The average molecular weight is 313 g/mol. The summed E-state index contributed by atoms with van der Waals surface area (Å²) in [6.45, 7) is 3.35. The van der Waals surface area contributed by atoms with Crippen LogP contribution in [0.15, 0.2) is 0 Å². The van der Waals surface area contributed by atoms with E-state index in [1.165, 1.54) is 0 Å². The lowest BCUT2D eigenvalue weighted by molar-refractivity contribution is -0.119. The number of carbonyl (C=O) groups is 1. The fraction of sp³-hybridized carbons (Fsp3) is 0.667. The molecule has 9 heteroatoms. The molecule has 2 N–H and O–H groups in total. The van der Waals surface area contributed by atoms with Crippen molar-refractivity contribution in [1.29, 1.82) is 0 Å². The van der Waals surface area contributed by atoms with E-state index in [0.29, 0.717) is 38.1 Å². The lowest BCUT2D eigenvalue weighted by atomic mass is 10.2. The van der Waals surface area contributed by atoms with Crippen molar-refractivity contribution in [3.63, 3.8) is 0 Å². The minimum Gasteiger partial charge on any atom is -0.378 e. The molecule has 0 spiro atoms. The summed E-state index contributed by atoms with van der Waals surface area (Å²) in [4.78, 5) is 25.8. The number of halogens is 1. The Labute approximate surface area is 127 Å². The molecule has 3 heterocycles. The Hall–Kier alpha value is -1.67. The van der Waals surface area contributed by atoms with E-state index >= 15 is 0 Å². The van der Waals surface area contributed by atoms with Crippen LogP contribution in [0.2, 0.25) is 5.28 Å². The van der Waals surface area contributed by atoms with Gasteiger partial charge in [-0.2, -0.15) is 15.0 Å². The van der Waals surface area contributed by atoms with Crippen molar-refractivity contribution in [3.05, 3.63) is 5.28 Å². The third-order valence-corrected chi connectivity index (χ3v) is 3.65. The summed E-state index contributed by atoms with van der Waals surface area (Å²) in [6, 6.07) is 0.111. The van der Waals surface area contributed by atoms with Crippen molar-refractivity contribution in [3.8, 4) is 0 Å². The van der Waals surface area contributed by atoms with Gasteiger partial charge in [0.05, 0.1) is 13.2 Å². The summed E-state index contributed by atoms with van der Waals surface area (Å²) in [5.74, 6) is 1.07. The first-order valence-electron chi connectivity index (χ1n) is 6.98. The molecule has 8 nitrogen and oxygen atoms in total. The molecule has 0 aliphatic carbocycles. The van der Waals surface area contributed by atoms with Crippen molar-refractivity contribution in [2.45, 2.75) is 18.9 Å². The molecule has 2 aliphatic heterocycles. The summed E-state index contributed by atoms with van der Waals surface area (Å²) in [5, 5.41) is 6.15. The first-order valence-corrected chi connectivity index (χ1v) is 7.36. The summed E-state index contributed by atoms with van der Waals surface area (Å²) < 4.78 is 5.31. The SMILES string of the molecule is O=C1CCC(CNc2nc(Cl)nc(N3CCOCC3)n2)N1. The van der Waals surface area contributed by atoms with E-state index < -0.39 is 0 Å². The van der Waals surface area contributed by atoms with E-state index in [4.69, 9.17) is 16.3 Å². The number of aromatic nitrogens is 3. The minimum absolute atomic E-state index is 0.0875. The average Bonchev–Trinajstić information content (AvgIpc) is 2.91. The van der Waals surface area contributed by atoms with Gasteiger partial charge in [0.25, 0.3) is 0 Å². The molecule has 2 aliphatic rings. The molecule has 1 unspecified atom stereocenters. The summed E-state index contributed by atoms with van der Waals surface area (Å²) in [7, 11) is 0. The highest BCUT2D eigenvalue weighted by atomic mass is 35.5. The number of nitrogens with zero attached hydrogens (tertiary/aromatic N) is 4. The maximum Gasteiger partial charge on any atom is 0.231 e. The molecule has 1 aromatic rings. The number of rotatable bonds is 4. The van der Waals surface area contributed by atoms with Crippen molar-refractivity contribution >= 4 is 29.4 Å². The third-order valence-electron chi connectivity index (χ3n) is 3.48. The maximum atomic E-state index is 11.2. The number of amides is 1. The van der Waals surface area contributed by atoms with Gasteiger partial charge in [0.2, 0.25) is 23.1 Å². The molecular formula is C12H17ClN6O2. The largest absolute Gasteiger partial charge is 0.378 e. The Morgan fingerprint density at radius 3 is 2.86 bits per heavy atom. The van der Waals surface area contributed by atoms with Gasteiger partial charge in [0.15, 0.2) is 0 Å². The monoisotopic (exact) mass is 312 g/mol. The number of hydrogen-bond donors (Lipinski definition) is 2. The number of morpholine rings is 1. The van der Waals surface area contributed by atoms with Crippen LogP contribution in [0.3, 0.4) is 0 Å². The molecule has 0 radical (unpaired) electrons. The molecule has 21 heavy (non-hydrogen) atoms. The molecule has 2 fully saturated rings. The Balaban J connectivity index is 1.64. The minimum atomic E-state index is 0.0875. The molecule has 0 bridgehead atoms. The second-order valence-corrected chi connectivity index (χ2v) is 5.35. The van der Waals surface area contributed by atoms with E-state index in [-0.39, 0.29) is 17.2 Å². The zero-order valence-electron chi connectivity index (χ0n) is 11.5. The van der Waals surface area contributed by atoms with Crippen molar-refractivity contribution < 1.29 is 9.53 Å². The second kappa shape index (κ2) is 6.40. The smallest absolute Gasteiger partial charge is 0.231 e. The van der Waals surface area contributed by atoms with Crippen molar-refractivity contribution in [2.75, 3.05) is 43.1 Å². The zero-order valence-corrected chi connectivity index (χ0v) is 12.3. The van der Waals surface area contributed by atoms with Crippen LogP contribution in [0.4, 0.5) is 11.9 Å². The Morgan fingerprint density at radius 1 is 1.33 bits per heavy atom. The Kier molecular flexibility index (Phi) is 4.35.